The van der Waals surface area contributed by atoms with Gasteiger partial charge in [-0.3, -0.25) is 18.6 Å². The summed E-state index contributed by atoms with van der Waals surface area (Å²) in [6, 6.07) is 0. The first kappa shape index (κ1) is 52.4. The number of phosphoric ester groups is 1. The Morgan fingerprint density at radius 2 is 1.11 bits per heavy atom. The third-order valence-corrected chi connectivity index (χ3v) is 10.1. The largest absolute Gasteiger partial charge is 0.472 e. The zero-order valence-corrected chi connectivity index (χ0v) is 37.1. The molecule has 4 atom stereocenters. The zero-order chi connectivity index (χ0) is 41.9. The van der Waals surface area contributed by atoms with Crippen molar-refractivity contribution in [2.75, 3.05) is 47.5 Å². The summed E-state index contributed by atoms with van der Waals surface area (Å²) in [5.74, 6) is -0.925. The van der Waals surface area contributed by atoms with Crippen LogP contribution >= 0.6 is 7.82 Å². The molecule has 0 amide bonds. The maximum atomic E-state index is 12.7. The maximum absolute atomic E-state index is 12.7. The van der Waals surface area contributed by atoms with E-state index in [9.17, 15) is 19.0 Å². The maximum Gasteiger partial charge on any atom is 0.472 e. The van der Waals surface area contributed by atoms with Crippen molar-refractivity contribution in [3.05, 3.63) is 72.9 Å². The number of epoxide rings is 1. The summed E-state index contributed by atoms with van der Waals surface area (Å²) < 4.78 is 40.0. The Bertz CT molecular complexity index is 1270. The first-order chi connectivity index (χ1) is 27.5. The van der Waals surface area contributed by atoms with Crippen LogP contribution in [-0.2, 0) is 37.4 Å². The molecule has 0 radical (unpaired) electrons. The molecule has 1 heterocycles. The predicted molar refractivity (Wildman–Crippen MR) is 233 cm³/mol. The molecule has 0 spiro atoms. The van der Waals surface area contributed by atoms with Crippen LogP contribution in [0.2, 0.25) is 0 Å². The number of likely N-dealkylation sites (N-methyl/N-ethyl adjacent to an activating group) is 1. The molecule has 0 aromatic carbocycles. The minimum Gasteiger partial charge on any atom is -0.462 e. The van der Waals surface area contributed by atoms with E-state index in [2.05, 4.69) is 80.7 Å². The predicted octanol–water partition coefficient (Wildman–Crippen LogP) is 11.2. The summed E-state index contributed by atoms with van der Waals surface area (Å²) in [6.45, 7) is 4.21. The monoisotopic (exact) mass is 821 g/mol. The summed E-state index contributed by atoms with van der Waals surface area (Å²) in [5, 5.41) is 0. The van der Waals surface area contributed by atoms with Gasteiger partial charge in [-0.05, 0) is 89.9 Å². The van der Waals surface area contributed by atoms with Gasteiger partial charge in [0.05, 0.1) is 40.0 Å². The van der Waals surface area contributed by atoms with Gasteiger partial charge in [-0.25, -0.2) is 4.57 Å². The van der Waals surface area contributed by atoms with Crippen molar-refractivity contribution in [1.29, 1.82) is 0 Å². The van der Waals surface area contributed by atoms with Crippen LogP contribution < -0.4 is 0 Å². The van der Waals surface area contributed by atoms with Crippen molar-refractivity contribution in [3.8, 4) is 0 Å². The first-order valence-electron chi connectivity index (χ1n) is 21.8. The molecule has 0 bridgehead atoms. The molecule has 11 heteroatoms. The number of nitrogens with zero attached hydrogens (tertiary/aromatic N) is 1. The summed E-state index contributed by atoms with van der Waals surface area (Å²) in [4.78, 5) is 35.4. The topological polar surface area (TPSA) is 121 Å². The molecular weight excluding hydrogens is 741 g/mol. The van der Waals surface area contributed by atoms with Gasteiger partial charge in [0.15, 0.2) is 6.10 Å². The standard InChI is InChI=1S/C46H78NO9P/c1-6-8-10-12-14-16-17-18-19-20-21-23-25-27-32-36-45(48)52-40-42(41-54-57(50,51)53-39-38-47(3,4)5)55-46(49)37-33-29-28-31-35-44-43(56-44)34-30-26-24-22-15-13-11-9-7-2/h14-16,18-19,21-23,26,28,30-31,42-44H,6-13,17,20,24-25,27,29,32-41H2,1-5H3/p+1/b16-14-,19-18-,22-15-,23-21-,30-26-,31-28-/t42-,43?,44?/m1/s1. The van der Waals surface area contributed by atoms with Crippen molar-refractivity contribution in [3.63, 3.8) is 0 Å². The number of hydrogen-bond donors (Lipinski definition) is 1. The van der Waals surface area contributed by atoms with Crippen molar-refractivity contribution in [2.24, 2.45) is 0 Å². The SMILES string of the molecule is CCCCC/C=C\C/C=C\C/C=C\CCCCC(=O)OC[C@H](COP(=O)(O)OCC[N+](C)(C)C)OC(=O)CCC/C=C\CC1OC1C/C=C\C/C=C\CCCCC. The number of esters is 2. The van der Waals surface area contributed by atoms with Gasteiger partial charge in [-0.2, -0.15) is 0 Å². The molecule has 326 valence electrons. The molecule has 1 saturated heterocycles. The van der Waals surface area contributed by atoms with E-state index in [0.29, 0.717) is 30.3 Å². The minimum absolute atomic E-state index is 0.00861. The molecule has 0 aliphatic carbocycles. The Morgan fingerprint density at radius 1 is 0.632 bits per heavy atom. The summed E-state index contributed by atoms with van der Waals surface area (Å²) >= 11 is 0. The lowest BCUT2D eigenvalue weighted by Crippen LogP contribution is -2.37. The fraction of sp³-hybridized carbons (Fsp3) is 0.696. The summed E-state index contributed by atoms with van der Waals surface area (Å²) in [5.41, 5.74) is 0. The average molecular weight is 821 g/mol. The molecule has 57 heavy (non-hydrogen) atoms. The van der Waals surface area contributed by atoms with E-state index >= 15 is 0 Å². The van der Waals surface area contributed by atoms with Crippen molar-refractivity contribution >= 4 is 19.8 Å². The third kappa shape index (κ3) is 35.1. The molecule has 10 nitrogen and oxygen atoms in total. The highest BCUT2D eigenvalue weighted by Gasteiger charge is 2.36. The smallest absolute Gasteiger partial charge is 0.462 e. The van der Waals surface area contributed by atoms with Crippen molar-refractivity contribution in [1.82, 2.24) is 0 Å². The zero-order valence-electron chi connectivity index (χ0n) is 36.2. The van der Waals surface area contributed by atoms with Crippen LogP contribution in [0.5, 0.6) is 0 Å². The molecule has 1 aliphatic heterocycles. The highest BCUT2D eigenvalue weighted by Crippen LogP contribution is 2.43. The highest BCUT2D eigenvalue weighted by atomic mass is 31.2. The number of rotatable bonds is 37. The lowest BCUT2D eigenvalue weighted by molar-refractivity contribution is -0.870. The van der Waals surface area contributed by atoms with E-state index in [0.717, 1.165) is 57.8 Å². The third-order valence-electron chi connectivity index (χ3n) is 9.11. The van der Waals surface area contributed by atoms with Crippen LogP contribution in [0.15, 0.2) is 72.9 Å². The number of phosphoric acid groups is 1. The van der Waals surface area contributed by atoms with E-state index in [1.54, 1.807) is 0 Å². The van der Waals surface area contributed by atoms with Gasteiger partial charge in [0, 0.05) is 12.8 Å². The number of ether oxygens (including phenoxy) is 3. The van der Waals surface area contributed by atoms with Gasteiger partial charge in [-0.15, -0.1) is 0 Å². The second-order valence-electron chi connectivity index (χ2n) is 15.8. The molecular formula is C46H79NO9P+. The molecule has 1 rings (SSSR count). The van der Waals surface area contributed by atoms with Crippen molar-refractivity contribution in [2.45, 2.75) is 161 Å². The number of hydrogen-bond acceptors (Lipinski definition) is 8. The Morgan fingerprint density at radius 3 is 1.67 bits per heavy atom. The Labute approximate surface area is 346 Å². The van der Waals surface area contributed by atoms with Gasteiger partial charge >= 0.3 is 19.8 Å². The molecule has 1 fully saturated rings. The summed E-state index contributed by atoms with van der Waals surface area (Å²) in [6.07, 6.45) is 44.1. The quantitative estimate of drug-likeness (QED) is 0.0163. The van der Waals surface area contributed by atoms with E-state index in [4.69, 9.17) is 23.3 Å². The second kappa shape index (κ2) is 34.3. The van der Waals surface area contributed by atoms with E-state index < -0.39 is 32.5 Å². The molecule has 1 N–H and O–H groups in total. The highest BCUT2D eigenvalue weighted by molar-refractivity contribution is 7.47. The van der Waals surface area contributed by atoms with Crippen LogP contribution in [0, 0.1) is 0 Å². The van der Waals surface area contributed by atoms with Crippen LogP contribution in [-0.4, -0.2) is 87.1 Å². The van der Waals surface area contributed by atoms with E-state index in [1.165, 1.54) is 38.5 Å². The van der Waals surface area contributed by atoms with Crippen LogP contribution in [0.4, 0.5) is 0 Å². The van der Waals surface area contributed by atoms with Gasteiger partial charge in [0.2, 0.25) is 0 Å². The Hall–Kier alpha value is -2.59. The molecule has 0 saturated carbocycles. The van der Waals surface area contributed by atoms with Crippen molar-refractivity contribution < 1.29 is 46.8 Å². The van der Waals surface area contributed by atoms with Crippen LogP contribution in [0.3, 0.4) is 0 Å². The number of quaternary nitrogens is 1. The number of carbonyl (C=O) groups is 2. The molecule has 1 aliphatic rings. The second-order valence-corrected chi connectivity index (χ2v) is 17.2. The van der Waals surface area contributed by atoms with Gasteiger partial charge in [-0.1, -0.05) is 112 Å². The lowest BCUT2D eigenvalue weighted by atomic mass is 10.1. The Kier molecular flexibility index (Phi) is 31.5. The molecule has 0 aromatic rings. The molecule has 3 unspecified atom stereocenters. The minimum atomic E-state index is -4.41. The lowest BCUT2D eigenvalue weighted by Gasteiger charge is -2.24. The first-order valence-corrected chi connectivity index (χ1v) is 23.3. The normalized spacial score (nSPS) is 17.9. The fourth-order valence-electron chi connectivity index (χ4n) is 5.52. The fourth-order valence-corrected chi connectivity index (χ4v) is 6.26. The number of carbonyl (C=O) groups excluding carboxylic acids is 2. The van der Waals surface area contributed by atoms with Crippen LogP contribution in [0.1, 0.15) is 142 Å². The van der Waals surface area contributed by atoms with Gasteiger partial charge < -0.3 is 23.6 Å². The summed E-state index contributed by atoms with van der Waals surface area (Å²) in [7, 11) is 1.40. The molecule has 0 aromatic heterocycles. The van der Waals surface area contributed by atoms with E-state index in [1.807, 2.05) is 27.2 Å². The average Bonchev–Trinajstić information content (AvgIpc) is 3.92. The van der Waals surface area contributed by atoms with Gasteiger partial charge in [0.25, 0.3) is 0 Å². The Balaban J connectivity index is 2.38. The number of unbranched alkanes of at least 4 members (excludes halogenated alkanes) is 9. The van der Waals surface area contributed by atoms with E-state index in [-0.39, 0.29) is 38.3 Å². The van der Waals surface area contributed by atoms with Crippen LogP contribution in [0.25, 0.3) is 0 Å². The van der Waals surface area contributed by atoms with Gasteiger partial charge in [0.1, 0.15) is 19.8 Å². The number of allylic oxidation sites excluding steroid dienone is 10.